The predicted octanol–water partition coefficient (Wildman–Crippen LogP) is 0.461. The molecule has 5 nitrogen and oxygen atoms in total. The molecule has 1 amide bonds. The van der Waals surface area contributed by atoms with E-state index in [0.717, 1.165) is 5.56 Å². The van der Waals surface area contributed by atoms with Gasteiger partial charge in [-0.2, -0.15) is 0 Å². The number of nitrogens with two attached hydrogens (primary N) is 1. The SMILES string of the molecule is Cc1cnc(NC(C)CC(N)=O)nc1. The summed E-state index contributed by atoms with van der Waals surface area (Å²) in [7, 11) is 0. The lowest BCUT2D eigenvalue weighted by Gasteiger charge is -2.11. The Kier molecular flexibility index (Phi) is 3.39. The first-order chi connectivity index (χ1) is 6.58. The summed E-state index contributed by atoms with van der Waals surface area (Å²) in [6.45, 7) is 3.77. The van der Waals surface area contributed by atoms with Crippen LogP contribution in [0.5, 0.6) is 0 Å². The molecule has 0 saturated heterocycles. The molecule has 14 heavy (non-hydrogen) atoms. The zero-order valence-corrected chi connectivity index (χ0v) is 8.32. The first-order valence-corrected chi connectivity index (χ1v) is 4.41. The van der Waals surface area contributed by atoms with Crippen molar-refractivity contribution in [2.45, 2.75) is 26.3 Å². The lowest BCUT2D eigenvalue weighted by Crippen LogP contribution is -2.24. The Morgan fingerprint density at radius 2 is 2.14 bits per heavy atom. The van der Waals surface area contributed by atoms with Gasteiger partial charge in [-0.15, -0.1) is 0 Å². The van der Waals surface area contributed by atoms with Crippen molar-refractivity contribution >= 4 is 11.9 Å². The number of nitrogens with zero attached hydrogens (tertiary/aromatic N) is 2. The number of carbonyl (C=O) groups excluding carboxylic acids is 1. The van der Waals surface area contributed by atoms with E-state index in [0.29, 0.717) is 5.95 Å². The number of carbonyl (C=O) groups is 1. The number of hydrogen-bond donors (Lipinski definition) is 2. The lowest BCUT2D eigenvalue weighted by molar-refractivity contribution is -0.118. The first-order valence-electron chi connectivity index (χ1n) is 4.41. The second kappa shape index (κ2) is 4.55. The maximum absolute atomic E-state index is 10.6. The van der Waals surface area contributed by atoms with Crippen molar-refractivity contribution in [3.8, 4) is 0 Å². The summed E-state index contributed by atoms with van der Waals surface area (Å²) >= 11 is 0. The molecule has 3 N–H and O–H groups in total. The smallest absolute Gasteiger partial charge is 0.222 e. The van der Waals surface area contributed by atoms with Gasteiger partial charge in [0.25, 0.3) is 0 Å². The largest absolute Gasteiger partial charge is 0.370 e. The van der Waals surface area contributed by atoms with Crippen LogP contribution in [0, 0.1) is 6.92 Å². The van der Waals surface area contributed by atoms with Gasteiger partial charge in [0.1, 0.15) is 0 Å². The highest BCUT2D eigenvalue weighted by Crippen LogP contribution is 2.02. The van der Waals surface area contributed by atoms with Crippen molar-refractivity contribution in [3.05, 3.63) is 18.0 Å². The number of hydrogen-bond acceptors (Lipinski definition) is 4. The Balaban J connectivity index is 2.51. The van der Waals surface area contributed by atoms with Gasteiger partial charge in [0.05, 0.1) is 0 Å². The van der Waals surface area contributed by atoms with Gasteiger partial charge >= 0.3 is 0 Å². The second-order valence-electron chi connectivity index (χ2n) is 3.30. The molecule has 0 bridgehead atoms. The summed E-state index contributed by atoms with van der Waals surface area (Å²) in [5.41, 5.74) is 6.05. The summed E-state index contributed by atoms with van der Waals surface area (Å²) < 4.78 is 0. The third-order valence-corrected chi connectivity index (χ3v) is 1.66. The fourth-order valence-corrected chi connectivity index (χ4v) is 1.04. The van der Waals surface area contributed by atoms with Crippen molar-refractivity contribution < 1.29 is 4.79 Å². The number of aryl methyl sites for hydroxylation is 1. The number of rotatable bonds is 4. The van der Waals surface area contributed by atoms with Gasteiger partial charge in [-0.05, 0) is 19.4 Å². The van der Waals surface area contributed by atoms with Crippen molar-refractivity contribution in [2.75, 3.05) is 5.32 Å². The third kappa shape index (κ3) is 3.38. The minimum atomic E-state index is -0.336. The molecule has 0 radical (unpaired) electrons. The molecule has 1 unspecified atom stereocenters. The average Bonchev–Trinajstić information content (AvgIpc) is 2.07. The van der Waals surface area contributed by atoms with Crippen LogP contribution in [-0.2, 0) is 4.79 Å². The highest BCUT2D eigenvalue weighted by atomic mass is 16.1. The minimum absolute atomic E-state index is 0.0461. The lowest BCUT2D eigenvalue weighted by atomic mass is 10.2. The van der Waals surface area contributed by atoms with Gasteiger partial charge in [0.15, 0.2) is 0 Å². The molecular weight excluding hydrogens is 180 g/mol. The average molecular weight is 194 g/mol. The van der Waals surface area contributed by atoms with E-state index in [1.807, 2.05) is 13.8 Å². The van der Waals surface area contributed by atoms with Crippen LogP contribution in [-0.4, -0.2) is 21.9 Å². The van der Waals surface area contributed by atoms with E-state index < -0.39 is 0 Å². The number of nitrogens with one attached hydrogen (secondary N) is 1. The van der Waals surface area contributed by atoms with E-state index in [-0.39, 0.29) is 18.4 Å². The standard InChI is InChI=1S/C9H14N4O/c1-6-4-11-9(12-5-6)13-7(2)3-8(10)14/h4-5,7H,3H2,1-2H3,(H2,10,14)(H,11,12,13). The highest BCUT2D eigenvalue weighted by molar-refractivity contribution is 5.74. The van der Waals surface area contributed by atoms with Crippen LogP contribution < -0.4 is 11.1 Å². The van der Waals surface area contributed by atoms with Crippen LogP contribution in [0.4, 0.5) is 5.95 Å². The van der Waals surface area contributed by atoms with E-state index in [9.17, 15) is 4.79 Å². The first kappa shape index (κ1) is 10.4. The minimum Gasteiger partial charge on any atom is -0.370 e. The fraction of sp³-hybridized carbons (Fsp3) is 0.444. The van der Waals surface area contributed by atoms with E-state index in [1.165, 1.54) is 0 Å². The van der Waals surface area contributed by atoms with Gasteiger partial charge in [-0.25, -0.2) is 9.97 Å². The molecule has 1 rings (SSSR count). The summed E-state index contributed by atoms with van der Waals surface area (Å²) in [6, 6.07) is -0.0461. The zero-order chi connectivity index (χ0) is 10.6. The number of primary amides is 1. The van der Waals surface area contributed by atoms with Crippen LogP contribution in [0.1, 0.15) is 18.9 Å². The topological polar surface area (TPSA) is 80.9 Å². The van der Waals surface area contributed by atoms with Crippen LogP contribution >= 0.6 is 0 Å². The van der Waals surface area contributed by atoms with Gasteiger partial charge in [0.2, 0.25) is 11.9 Å². The van der Waals surface area contributed by atoms with Gasteiger partial charge in [0, 0.05) is 24.9 Å². The molecule has 1 atom stereocenters. The van der Waals surface area contributed by atoms with Gasteiger partial charge in [-0.1, -0.05) is 0 Å². The molecular formula is C9H14N4O. The van der Waals surface area contributed by atoms with Crippen molar-refractivity contribution in [1.82, 2.24) is 9.97 Å². The van der Waals surface area contributed by atoms with Crippen molar-refractivity contribution in [2.24, 2.45) is 5.73 Å². The van der Waals surface area contributed by atoms with Crippen LogP contribution in [0.2, 0.25) is 0 Å². The number of aromatic nitrogens is 2. The Morgan fingerprint density at radius 1 is 1.57 bits per heavy atom. The van der Waals surface area contributed by atoms with Crippen LogP contribution in [0.15, 0.2) is 12.4 Å². The molecule has 76 valence electrons. The van der Waals surface area contributed by atoms with Crippen LogP contribution in [0.25, 0.3) is 0 Å². The van der Waals surface area contributed by atoms with E-state index in [4.69, 9.17) is 5.73 Å². The predicted molar refractivity (Wildman–Crippen MR) is 53.7 cm³/mol. The maximum Gasteiger partial charge on any atom is 0.222 e. The summed E-state index contributed by atoms with van der Waals surface area (Å²) in [4.78, 5) is 18.7. The fourth-order valence-electron chi connectivity index (χ4n) is 1.04. The van der Waals surface area contributed by atoms with Crippen molar-refractivity contribution in [3.63, 3.8) is 0 Å². The molecule has 0 aromatic carbocycles. The molecule has 5 heteroatoms. The highest BCUT2D eigenvalue weighted by Gasteiger charge is 2.06. The molecule has 0 spiro atoms. The maximum atomic E-state index is 10.6. The molecule has 0 aliphatic carbocycles. The van der Waals surface area contributed by atoms with Crippen LogP contribution in [0.3, 0.4) is 0 Å². The van der Waals surface area contributed by atoms with Gasteiger partial charge < -0.3 is 11.1 Å². The summed E-state index contributed by atoms with van der Waals surface area (Å²) in [5, 5.41) is 2.98. The summed E-state index contributed by atoms with van der Waals surface area (Å²) in [6.07, 6.45) is 3.70. The number of anilines is 1. The Morgan fingerprint density at radius 3 is 2.64 bits per heavy atom. The Bertz CT molecular complexity index is 309. The molecule has 1 heterocycles. The molecule has 0 fully saturated rings. The number of amides is 1. The molecule has 0 aliphatic rings. The van der Waals surface area contributed by atoms with E-state index >= 15 is 0 Å². The zero-order valence-electron chi connectivity index (χ0n) is 8.32. The molecule has 1 aromatic rings. The van der Waals surface area contributed by atoms with Crippen molar-refractivity contribution in [1.29, 1.82) is 0 Å². The summed E-state index contributed by atoms with van der Waals surface area (Å²) in [5.74, 6) is 0.182. The second-order valence-corrected chi connectivity index (χ2v) is 3.30. The third-order valence-electron chi connectivity index (χ3n) is 1.66. The molecule has 0 saturated carbocycles. The Hall–Kier alpha value is -1.65. The Labute approximate surface area is 82.7 Å². The molecule has 1 aromatic heterocycles. The van der Waals surface area contributed by atoms with E-state index in [2.05, 4.69) is 15.3 Å². The quantitative estimate of drug-likeness (QED) is 0.729. The monoisotopic (exact) mass is 194 g/mol. The van der Waals surface area contributed by atoms with E-state index in [1.54, 1.807) is 12.4 Å². The normalized spacial score (nSPS) is 12.1. The van der Waals surface area contributed by atoms with Gasteiger partial charge in [-0.3, -0.25) is 4.79 Å². The molecule has 0 aliphatic heterocycles.